The van der Waals surface area contributed by atoms with E-state index in [0.717, 1.165) is 11.4 Å². The van der Waals surface area contributed by atoms with Crippen LogP contribution in [-0.2, 0) is 4.79 Å². The van der Waals surface area contributed by atoms with Gasteiger partial charge in [-0.05, 0) is 35.7 Å². The predicted molar refractivity (Wildman–Crippen MR) is 88.0 cm³/mol. The highest BCUT2D eigenvalue weighted by molar-refractivity contribution is 6.03. The largest absolute Gasteiger partial charge is 0.497 e. The summed E-state index contributed by atoms with van der Waals surface area (Å²) in [5, 5.41) is 0. The lowest BCUT2D eigenvalue weighted by Gasteiger charge is -2.49. The van der Waals surface area contributed by atoms with Crippen LogP contribution in [-0.4, -0.2) is 13.0 Å². The monoisotopic (exact) mass is 295 g/mol. The number of nitrogens with zero attached hydrogens (tertiary/aromatic N) is 1. The first-order valence-corrected chi connectivity index (χ1v) is 7.65. The van der Waals surface area contributed by atoms with Crippen molar-refractivity contribution in [1.82, 2.24) is 0 Å². The molecular formula is C19H21NO2. The number of anilines is 1. The van der Waals surface area contributed by atoms with Crippen LogP contribution in [0, 0.1) is 11.8 Å². The molecule has 1 heterocycles. The van der Waals surface area contributed by atoms with E-state index >= 15 is 0 Å². The first-order chi connectivity index (χ1) is 10.6. The number of carbonyl (C=O) groups is 1. The molecule has 0 spiro atoms. The minimum atomic E-state index is 0.0458. The van der Waals surface area contributed by atoms with Gasteiger partial charge in [0.25, 0.3) is 0 Å². The van der Waals surface area contributed by atoms with Crippen LogP contribution < -0.4 is 9.64 Å². The summed E-state index contributed by atoms with van der Waals surface area (Å²) in [6.45, 7) is 4.23. The van der Waals surface area contributed by atoms with E-state index in [1.807, 2.05) is 47.4 Å². The average molecular weight is 295 g/mol. The Balaban J connectivity index is 1.96. The molecule has 1 aliphatic rings. The maximum atomic E-state index is 12.6. The molecule has 1 saturated heterocycles. The summed E-state index contributed by atoms with van der Waals surface area (Å²) in [5.41, 5.74) is 2.12. The van der Waals surface area contributed by atoms with Crippen molar-refractivity contribution in [1.29, 1.82) is 0 Å². The van der Waals surface area contributed by atoms with E-state index in [0.29, 0.717) is 5.92 Å². The normalized spacial score (nSPS) is 20.9. The highest BCUT2D eigenvalue weighted by Gasteiger charge is 2.49. The van der Waals surface area contributed by atoms with Crippen LogP contribution >= 0.6 is 0 Å². The second-order valence-corrected chi connectivity index (χ2v) is 6.03. The zero-order valence-electron chi connectivity index (χ0n) is 13.2. The zero-order valence-corrected chi connectivity index (χ0v) is 13.2. The molecule has 1 fully saturated rings. The summed E-state index contributed by atoms with van der Waals surface area (Å²) >= 11 is 0. The Labute approximate surface area is 131 Å². The van der Waals surface area contributed by atoms with Gasteiger partial charge in [0.15, 0.2) is 0 Å². The molecule has 0 unspecified atom stereocenters. The lowest BCUT2D eigenvalue weighted by molar-refractivity contribution is -0.132. The van der Waals surface area contributed by atoms with Crippen molar-refractivity contribution in [3.05, 3.63) is 60.2 Å². The molecule has 3 rings (SSSR count). The third-order valence-corrected chi connectivity index (χ3v) is 4.35. The van der Waals surface area contributed by atoms with Crippen LogP contribution in [0.5, 0.6) is 5.75 Å². The second-order valence-electron chi connectivity index (χ2n) is 6.03. The number of ether oxygens (including phenoxy) is 1. The van der Waals surface area contributed by atoms with Crippen LogP contribution in [0.15, 0.2) is 54.6 Å². The lowest BCUT2D eigenvalue weighted by atomic mass is 9.75. The Morgan fingerprint density at radius 3 is 2.18 bits per heavy atom. The van der Waals surface area contributed by atoms with Gasteiger partial charge in [0.2, 0.25) is 5.91 Å². The van der Waals surface area contributed by atoms with E-state index in [1.165, 1.54) is 5.56 Å². The average Bonchev–Trinajstić information content (AvgIpc) is 2.53. The summed E-state index contributed by atoms with van der Waals surface area (Å²) < 4.78 is 5.19. The van der Waals surface area contributed by atoms with Crippen LogP contribution in [0.4, 0.5) is 5.69 Å². The minimum absolute atomic E-state index is 0.0458. The number of hydrogen-bond donors (Lipinski definition) is 0. The highest BCUT2D eigenvalue weighted by Crippen LogP contribution is 2.46. The molecule has 0 aliphatic carbocycles. The molecule has 0 bridgehead atoms. The Morgan fingerprint density at radius 2 is 1.64 bits per heavy atom. The maximum absolute atomic E-state index is 12.6. The maximum Gasteiger partial charge on any atom is 0.233 e. The molecule has 2 aromatic rings. The first-order valence-electron chi connectivity index (χ1n) is 7.65. The van der Waals surface area contributed by atoms with Crippen LogP contribution in [0.3, 0.4) is 0 Å². The Morgan fingerprint density at radius 1 is 1.00 bits per heavy atom. The number of carbonyl (C=O) groups excluding carboxylic acids is 1. The topological polar surface area (TPSA) is 29.5 Å². The van der Waals surface area contributed by atoms with E-state index in [4.69, 9.17) is 4.74 Å². The molecule has 1 aliphatic heterocycles. The van der Waals surface area contributed by atoms with Crippen LogP contribution in [0.2, 0.25) is 0 Å². The summed E-state index contributed by atoms with van der Waals surface area (Å²) in [6, 6.07) is 18.1. The molecule has 3 nitrogen and oxygen atoms in total. The minimum Gasteiger partial charge on any atom is -0.497 e. The van der Waals surface area contributed by atoms with Gasteiger partial charge in [0.05, 0.1) is 19.1 Å². The standard InChI is InChI=1S/C19H21NO2/c1-13(2)17-18(14-7-5-4-6-8-14)20(19(17)21)15-9-11-16(22-3)12-10-15/h4-13,17-18H,1-3H3/t17-,18-/m1/s1. The van der Waals surface area contributed by atoms with Gasteiger partial charge in [-0.25, -0.2) is 0 Å². The summed E-state index contributed by atoms with van der Waals surface area (Å²) in [5.74, 6) is 1.37. The third-order valence-electron chi connectivity index (χ3n) is 4.35. The van der Waals surface area contributed by atoms with Gasteiger partial charge >= 0.3 is 0 Å². The summed E-state index contributed by atoms with van der Waals surface area (Å²) in [7, 11) is 1.64. The molecule has 1 amide bonds. The van der Waals surface area contributed by atoms with E-state index in [1.54, 1.807) is 7.11 Å². The fourth-order valence-electron chi connectivity index (χ4n) is 3.20. The van der Waals surface area contributed by atoms with Gasteiger partial charge < -0.3 is 9.64 Å². The number of rotatable bonds is 4. The molecule has 2 atom stereocenters. The molecular weight excluding hydrogens is 274 g/mol. The van der Waals surface area contributed by atoms with Crippen molar-refractivity contribution in [2.75, 3.05) is 12.0 Å². The van der Waals surface area contributed by atoms with Crippen molar-refractivity contribution in [3.8, 4) is 5.75 Å². The van der Waals surface area contributed by atoms with Gasteiger partial charge in [-0.1, -0.05) is 44.2 Å². The number of benzene rings is 2. The van der Waals surface area contributed by atoms with E-state index in [2.05, 4.69) is 26.0 Å². The molecule has 0 aromatic heterocycles. The van der Waals surface area contributed by atoms with E-state index in [-0.39, 0.29) is 17.9 Å². The molecule has 0 N–H and O–H groups in total. The van der Waals surface area contributed by atoms with Crippen molar-refractivity contribution < 1.29 is 9.53 Å². The van der Waals surface area contributed by atoms with Gasteiger partial charge in [-0.3, -0.25) is 4.79 Å². The Bertz CT molecular complexity index is 649. The quantitative estimate of drug-likeness (QED) is 0.796. The second kappa shape index (κ2) is 5.84. The molecule has 2 aromatic carbocycles. The van der Waals surface area contributed by atoms with Crippen molar-refractivity contribution >= 4 is 11.6 Å². The molecule has 0 radical (unpaired) electrons. The Hall–Kier alpha value is -2.29. The third kappa shape index (κ3) is 2.37. The van der Waals surface area contributed by atoms with E-state index in [9.17, 15) is 4.79 Å². The Kier molecular flexibility index (Phi) is 3.88. The molecule has 0 saturated carbocycles. The number of amides is 1. The van der Waals surface area contributed by atoms with Crippen LogP contribution in [0.25, 0.3) is 0 Å². The van der Waals surface area contributed by atoms with E-state index < -0.39 is 0 Å². The van der Waals surface area contributed by atoms with Gasteiger partial charge in [0.1, 0.15) is 5.75 Å². The molecule has 114 valence electrons. The zero-order chi connectivity index (χ0) is 15.7. The summed E-state index contributed by atoms with van der Waals surface area (Å²) in [6.07, 6.45) is 0. The van der Waals surface area contributed by atoms with Gasteiger partial charge in [-0.2, -0.15) is 0 Å². The van der Waals surface area contributed by atoms with Gasteiger partial charge in [0, 0.05) is 5.69 Å². The fourth-order valence-corrected chi connectivity index (χ4v) is 3.20. The molecule has 22 heavy (non-hydrogen) atoms. The van der Waals surface area contributed by atoms with Gasteiger partial charge in [-0.15, -0.1) is 0 Å². The lowest BCUT2D eigenvalue weighted by Crippen LogP contribution is -2.57. The van der Waals surface area contributed by atoms with Crippen LogP contribution in [0.1, 0.15) is 25.5 Å². The van der Waals surface area contributed by atoms with Crippen molar-refractivity contribution in [2.45, 2.75) is 19.9 Å². The number of hydrogen-bond acceptors (Lipinski definition) is 2. The summed E-state index contributed by atoms with van der Waals surface area (Å²) in [4.78, 5) is 14.5. The number of methoxy groups -OCH3 is 1. The number of β-lactam (4-membered cyclic amide) rings is 1. The van der Waals surface area contributed by atoms with Crippen molar-refractivity contribution in [3.63, 3.8) is 0 Å². The molecule has 3 heteroatoms. The first kappa shape index (κ1) is 14.6. The highest BCUT2D eigenvalue weighted by atomic mass is 16.5. The smallest absolute Gasteiger partial charge is 0.233 e. The fraction of sp³-hybridized carbons (Fsp3) is 0.316. The SMILES string of the molecule is COc1ccc(N2C(=O)[C@H](C(C)C)[C@H]2c2ccccc2)cc1. The van der Waals surface area contributed by atoms with Crippen molar-refractivity contribution in [2.24, 2.45) is 11.8 Å². The predicted octanol–water partition coefficient (Wildman–Crippen LogP) is 4.06.